The van der Waals surface area contributed by atoms with Crippen molar-refractivity contribution in [2.75, 3.05) is 18.4 Å². The summed E-state index contributed by atoms with van der Waals surface area (Å²) in [7, 11) is 0. The van der Waals surface area contributed by atoms with E-state index in [1.165, 1.54) is 6.20 Å². The number of thiocarbonyl (C=S) groups is 1. The van der Waals surface area contributed by atoms with Crippen LogP contribution in [0.5, 0.6) is 0 Å². The summed E-state index contributed by atoms with van der Waals surface area (Å²) in [5.74, 6) is 0.438. The molecule has 104 valence electrons. The lowest BCUT2D eigenvalue weighted by Crippen LogP contribution is -2.41. The minimum absolute atomic E-state index is 0.00421. The average molecular weight is 281 g/mol. The average Bonchev–Trinajstić information content (AvgIpc) is 2.40. The first-order valence-corrected chi connectivity index (χ1v) is 6.58. The summed E-state index contributed by atoms with van der Waals surface area (Å²) in [6, 6.07) is 1.26. The van der Waals surface area contributed by atoms with Crippen LogP contribution < -0.4 is 11.1 Å². The number of anilines is 1. The molecule has 7 heteroatoms. The van der Waals surface area contributed by atoms with Crippen LogP contribution in [0, 0.1) is 0 Å². The van der Waals surface area contributed by atoms with Crippen LogP contribution in [0.15, 0.2) is 12.3 Å². The number of aromatic nitrogens is 2. The highest BCUT2D eigenvalue weighted by atomic mass is 32.1. The molecule has 3 N–H and O–H groups in total. The third-order valence-corrected chi connectivity index (χ3v) is 3.00. The maximum Gasteiger partial charge on any atom is 0.244 e. The van der Waals surface area contributed by atoms with E-state index in [9.17, 15) is 4.79 Å². The number of amides is 1. The van der Waals surface area contributed by atoms with Gasteiger partial charge >= 0.3 is 0 Å². The quantitative estimate of drug-likeness (QED) is 0.750. The van der Waals surface area contributed by atoms with Crippen molar-refractivity contribution in [3.63, 3.8) is 0 Å². The van der Waals surface area contributed by atoms with Crippen molar-refractivity contribution < 1.29 is 4.79 Å². The Morgan fingerprint density at radius 1 is 1.53 bits per heavy atom. The molecule has 0 aliphatic heterocycles. The molecule has 1 atom stereocenters. The lowest BCUT2D eigenvalue weighted by atomic mass is 10.2. The van der Waals surface area contributed by atoms with Gasteiger partial charge in [0, 0.05) is 13.1 Å². The molecule has 0 spiro atoms. The van der Waals surface area contributed by atoms with E-state index in [0.29, 0.717) is 24.5 Å². The number of hydrogen-bond acceptors (Lipinski definition) is 5. The number of carbonyl (C=O) groups excluding carboxylic acids is 1. The molecule has 0 aliphatic rings. The summed E-state index contributed by atoms with van der Waals surface area (Å²) in [6.45, 7) is 7.00. The predicted molar refractivity (Wildman–Crippen MR) is 78.9 cm³/mol. The normalized spacial score (nSPS) is 11.7. The van der Waals surface area contributed by atoms with E-state index in [2.05, 4.69) is 15.5 Å². The highest BCUT2D eigenvalue weighted by Gasteiger charge is 2.19. The van der Waals surface area contributed by atoms with Gasteiger partial charge in [-0.1, -0.05) is 12.2 Å². The Balaban J connectivity index is 2.85. The first-order chi connectivity index (χ1) is 9.01. The number of nitrogens with zero attached hydrogens (tertiary/aromatic N) is 3. The third kappa shape index (κ3) is 3.85. The fourth-order valence-electron chi connectivity index (χ4n) is 1.71. The number of nitrogens with one attached hydrogen (secondary N) is 1. The van der Waals surface area contributed by atoms with E-state index in [0.717, 1.165) is 0 Å². The number of rotatable bonds is 6. The fourth-order valence-corrected chi connectivity index (χ4v) is 1.88. The van der Waals surface area contributed by atoms with Crippen molar-refractivity contribution in [3.05, 3.63) is 17.8 Å². The van der Waals surface area contributed by atoms with Gasteiger partial charge in [-0.15, -0.1) is 5.10 Å². The maximum atomic E-state index is 12.1. The smallest absolute Gasteiger partial charge is 0.244 e. The second-order valence-electron chi connectivity index (χ2n) is 4.03. The first-order valence-electron chi connectivity index (χ1n) is 6.18. The van der Waals surface area contributed by atoms with Gasteiger partial charge in [0.25, 0.3) is 0 Å². The maximum absolute atomic E-state index is 12.1. The van der Waals surface area contributed by atoms with Crippen LogP contribution in [0.2, 0.25) is 0 Å². The van der Waals surface area contributed by atoms with Crippen LogP contribution in [0.3, 0.4) is 0 Å². The standard InChI is InChI=1S/C12H19N5OS/c1-4-17(5-2)12(18)8(3)15-11-9(10(13)19)6-7-14-16-11/h6-8H,4-5H2,1-3H3,(H2,13,19)(H,15,16). The van der Waals surface area contributed by atoms with Gasteiger partial charge in [-0.3, -0.25) is 4.79 Å². The summed E-state index contributed by atoms with van der Waals surface area (Å²) in [5.41, 5.74) is 6.19. The van der Waals surface area contributed by atoms with Gasteiger partial charge in [0.05, 0.1) is 11.8 Å². The Hall–Kier alpha value is -1.76. The Morgan fingerprint density at radius 3 is 2.68 bits per heavy atom. The summed E-state index contributed by atoms with van der Waals surface area (Å²) < 4.78 is 0. The van der Waals surface area contributed by atoms with Crippen LogP contribution in [0.25, 0.3) is 0 Å². The highest BCUT2D eigenvalue weighted by molar-refractivity contribution is 7.80. The van der Waals surface area contributed by atoms with Gasteiger partial charge < -0.3 is 16.0 Å². The van der Waals surface area contributed by atoms with Crippen LogP contribution in [0.4, 0.5) is 5.82 Å². The molecular formula is C12H19N5OS. The molecule has 1 rings (SSSR count). The Labute approximate surface area is 118 Å². The van der Waals surface area contributed by atoms with Crippen molar-refractivity contribution in [2.24, 2.45) is 5.73 Å². The molecule has 1 amide bonds. The number of carbonyl (C=O) groups is 1. The van der Waals surface area contributed by atoms with E-state index < -0.39 is 6.04 Å². The van der Waals surface area contributed by atoms with Crippen molar-refractivity contribution in [1.82, 2.24) is 15.1 Å². The largest absolute Gasteiger partial charge is 0.389 e. The second kappa shape index (κ2) is 6.98. The SMILES string of the molecule is CCN(CC)C(=O)C(C)Nc1nnccc1C(N)=S. The lowest BCUT2D eigenvalue weighted by molar-refractivity contribution is -0.131. The molecule has 6 nitrogen and oxygen atoms in total. The fraction of sp³-hybridized carbons (Fsp3) is 0.500. The van der Waals surface area contributed by atoms with Crippen molar-refractivity contribution in [3.8, 4) is 0 Å². The van der Waals surface area contributed by atoms with E-state index in [1.54, 1.807) is 17.9 Å². The highest BCUT2D eigenvalue weighted by Crippen LogP contribution is 2.12. The van der Waals surface area contributed by atoms with Crippen molar-refractivity contribution in [1.29, 1.82) is 0 Å². The van der Waals surface area contributed by atoms with Crippen molar-refractivity contribution in [2.45, 2.75) is 26.8 Å². The zero-order valence-electron chi connectivity index (χ0n) is 11.4. The molecular weight excluding hydrogens is 262 g/mol. The molecule has 0 bridgehead atoms. The molecule has 0 saturated carbocycles. The van der Waals surface area contributed by atoms with Crippen LogP contribution in [0.1, 0.15) is 26.3 Å². The molecule has 0 aromatic carbocycles. The number of likely N-dealkylation sites (N-methyl/N-ethyl adjacent to an activating group) is 1. The Morgan fingerprint density at radius 2 is 2.16 bits per heavy atom. The third-order valence-electron chi connectivity index (χ3n) is 2.78. The van der Waals surface area contributed by atoms with E-state index in [4.69, 9.17) is 18.0 Å². The summed E-state index contributed by atoms with van der Waals surface area (Å²) in [5, 5.41) is 10.7. The molecule has 0 radical (unpaired) electrons. The minimum atomic E-state index is -0.412. The molecule has 0 fully saturated rings. The molecule has 1 aromatic heterocycles. The van der Waals surface area contributed by atoms with Gasteiger partial charge in [-0.2, -0.15) is 5.10 Å². The number of nitrogens with two attached hydrogens (primary N) is 1. The summed E-state index contributed by atoms with van der Waals surface area (Å²) >= 11 is 4.94. The molecule has 0 saturated heterocycles. The van der Waals surface area contributed by atoms with Gasteiger partial charge in [0.1, 0.15) is 11.0 Å². The van der Waals surface area contributed by atoms with E-state index in [1.807, 2.05) is 13.8 Å². The summed E-state index contributed by atoms with van der Waals surface area (Å²) in [4.78, 5) is 14.1. The van der Waals surface area contributed by atoms with Crippen LogP contribution >= 0.6 is 12.2 Å². The molecule has 19 heavy (non-hydrogen) atoms. The zero-order chi connectivity index (χ0) is 14.4. The molecule has 1 unspecified atom stereocenters. The topological polar surface area (TPSA) is 84.1 Å². The van der Waals surface area contributed by atoms with E-state index >= 15 is 0 Å². The number of hydrogen-bond donors (Lipinski definition) is 2. The summed E-state index contributed by atoms with van der Waals surface area (Å²) in [6.07, 6.45) is 1.51. The molecule has 0 aliphatic carbocycles. The molecule has 1 heterocycles. The second-order valence-corrected chi connectivity index (χ2v) is 4.47. The minimum Gasteiger partial charge on any atom is -0.389 e. The van der Waals surface area contributed by atoms with Crippen LogP contribution in [-0.2, 0) is 4.79 Å². The monoisotopic (exact) mass is 281 g/mol. The Kier molecular flexibility index (Phi) is 5.62. The first kappa shape index (κ1) is 15.3. The molecule has 1 aromatic rings. The van der Waals surface area contributed by atoms with Gasteiger partial charge in [-0.25, -0.2) is 0 Å². The predicted octanol–water partition coefficient (Wildman–Crippen LogP) is 0.780. The van der Waals surface area contributed by atoms with Gasteiger partial charge in [-0.05, 0) is 26.8 Å². The van der Waals surface area contributed by atoms with Gasteiger partial charge in [0.15, 0.2) is 5.82 Å². The Bertz CT molecular complexity index is 461. The lowest BCUT2D eigenvalue weighted by Gasteiger charge is -2.24. The van der Waals surface area contributed by atoms with E-state index in [-0.39, 0.29) is 10.9 Å². The van der Waals surface area contributed by atoms with Crippen molar-refractivity contribution >= 4 is 28.9 Å². The van der Waals surface area contributed by atoms with Gasteiger partial charge in [0.2, 0.25) is 5.91 Å². The van der Waals surface area contributed by atoms with Crippen LogP contribution in [-0.4, -0.2) is 45.1 Å². The zero-order valence-corrected chi connectivity index (χ0v) is 12.2.